The zero-order chi connectivity index (χ0) is 16.9. The lowest BCUT2D eigenvalue weighted by molar-refractivity contribution is -0.115. The Hall–Kier alpha value is -2.11. The van der Waals surface area contributed by atoms with E-state index in [-0.39, 0.29) is 5.91 Å². The smallest absolute Gasteiger partial charge is 0.231 e. The van der Waals surface area contributed by atoms with Crippen LogP contribution in [0.1, 0.15) is 10.6 Å². The fraction of sp³-hybridized carbons (Fsp3) is 0.158. The van der Waals surface area contributed by atoms with E-state index >= 15 is 0 Å². The van der Waals surface area contributed by atoms with Crippen LogP contribution in [-0.2, 0) is 11.2 Å². The van der Waals surface area contributed by atoms with Gasteiger partial charge < -0.3 is 5.32 Å². The van der Waals surface area contributed by atoms with Crippen molar-refractivity contribution >= 4 is 34.7 Å². The third kappa shape index (κ3) is 4.24. The molecule has 0 atom stereocenters. The number of carbonyl (C=O) groups is 1. The molecule has 0 saturated heterocycles. The van der Waals surface area contributed by atoms with E-state index in [0.717, 1.165) is 22.0 Å². The molecule has 24 heavy (non-hydrogen) atoms. The third-order valence-corrected chi connectivity index (χ3v) is 5.18. The fourth-order valence-electron chi connectivity index (χ4n) is 2.27. The first-order chi connectivity index (χ1) is 11.6. The van der Waals surface area contributed by atoms with E-state index in [1.165, 1.54) is 21.8 Å². The van der Waals surface area contributed by atoms with Crippen LogP contribution in [0.25, 0.3) is 11.3 Å². The highest BCUT2D eigenvalue weighted by molar-refractivity contribution is 7.98. The van der Waals surface area contributed by atoms with Gasteiger partial charge >= 0.3 is 0 Å². The van der Waals surface area contributed by atoms with E-state index in [0.29, 0.717) is 6.42 Å². The number of amides is 1. The molecule has 5 heteroatoms. The molecule has 1 amide bonds. The van der Waals surface area contributed by atoms with Crippen LogP contribution < -0.4 is 5.32 Å². The number of anilines is 1. The largest absolute Gasteiger partial charge is 0.326 e. The summed E-state index contributed by atoms with van der Waals surface area (Å²) in [5.74, 6) is -0.0440. The molecule has 3 rings (SSSR count). The fourth-order valence-corrected chi connectivity index (χ4v) is 3.48. The zero-order valence-corrected chi connectivity index (χ0v) is 15.2. The summed E-state index contributed by atoms with van der Waals surface area (Å²) in [5, 5.41) is 5.73. The molecule has 122 valence electrons. The lowest BCUT2D eigenvalue weighted by Gasteiger charge is -2.04. The first-order valence-corrected chi connectivity index (χ1v) is 9.70. The number of rotatable bonds is 5. The highest BCUT2D eigenvalue weighted by atomic mass is 32.2. The van der Waals surface area contributed by atoms with Crippen molar-refractivity contribution in [2.24, 2.45) is 0 Å². The standard InChI is InChI=1S/C19H18N2OS2/c1-13-3-7-15(8-4-13)20-18(22)11-19-21-17(12-24-19)14-5-9-16(23-2)10-6-14/h3-10,12H,11H2,1-2H3,(H,20,22). The molecule has 3 aromatic rings. The van der Waals surface area contributed by atoms with Crippen LogP contribution in [0.5, 0.6) is 0 Å². The monoisotopic (exact) mass is 354 g/mol. The van der Waals surface area contributed by atoms with Gasteiger partial charge in [0.1, 0.15) is 5.01 Å². The molecule has 0 bridgehead atoms. The van der Waals surface area contributed by atoms with E-state index in [2.05, 4.69) is 40.8 Å². The number of thiazole rings is 1. The van der Waals surface area contributed by atoms with Crippen LogP contribution in [-0.4, -0.2) is 17.1 Å². The van der Waals surface area contributed by atoms with Crippen LogP contribution in [0.15, 0.2) is 58.8 Å². The van der Waals surface area contributed by atoms with Gasteiger partial charge in [0.15, 0.2) is 0 Å². The van der Waals surface area contributed by atoms with E-state index < -0.39 is 0 Å². The number of benzene rings is 2. The van der Waals surface area contributed by atoms with Crippen molar-refractivity contribution in [3.8, 4) is 11.3 Å². The number of carbonyl (C=O) groups excluding carboxylic acids is 1. The Kier molecular flexibility index (Phi) is 5.33. The Morgan fingerprint density at radius 1 is 1.12 bits per heavy atom. The maximum absolute atomic E-state index is 12.1. The van der Waals surface area contributed by atoms with Gasteiger partial charge in [-0.2, -0.15) is 0 Å². The molecule has 2 aromatic carbocycles. The SMILES string of the molecule is CSc1ccc(-c2csc(CC(=O)Nc3ccc(C)cc3)n2)cc1. The molecule has 0 aliphatic carbocycles. The van der Waals surface area contributed by atoms with Gasteiger partial charge in [0.2, 0.25) is 5.91 Å². The predicted octanol–water partition coefficient (Wildman–Crippen LogP) is 5.02. The van der Waals surface area contributed by atoms with E-state index in [9.17, 15) is 4.79 Å². The molecule has 3 nitrogen and oxygen atoms in total. The average Bonchev–Trinajstić information content (AvgIpc) is 3.05. The molecular weight excluding hydrogens is 336 g/mol. The first-order valence-electron chi connectivity index (χ1n) is 7.59. The second-order valence-corrected chi connectivity index (χ2v) is 7.27. The summed E-state index contributed by atoms with van der Waals surface area (Å²) in [6.07, 6.45) is 2.35. The Morgan fingerprint density at radius 2 is 1.83 bits per heavy atom. The number of hydrogen-bond acceptors (Lipinski definition) is 4. The minimum absolute atomic E-state index is 0.0440. The van der Waals surface area contributed by atoms with Crippen molar-refractivity contribution in [3.05, 3.63) is 64.5 Å². The third-order valence-electron chi connectivity index (χ3n) is 3.58. The van der Waals surface area contributed by atoms with Crippen molar-refractivity contribution in [1.82, 2.24) is 4.98 Å². The Labute approximate surface area is 150 Å². The van der Waals surface area contributed by atoms with Gasteiger partial charge in [-0.25, -0.2) is 4.98 Å². The van der Waals surface area contributed by atoms with E-state index in [1.54, 1.807) is 11.8 Å². The highest BCUT2D eigenvalue weighted by Gasteiger charge is 2.09. The summed E-state index contributed by atoms with van der Waals surface area (Å²) in [6.45, 7) is 2.02. The average molecular weight is 354 g/mol. The van der Waals surface area contributed by atoms with Crippen molar-refractivity contribution in [1.29, 1.82) is 0 Å². The molecule has 0 aliphatic heterocycles. The number of nitrogens with zero attached hydrogens (tertiary/aromatic N) is 1. The molecule has 0 unspecified atom stereocenters. The van der Waals surface area contributed by atoms with Gasteiger partial charge in [-0.15, -0.1) is 23.1 Å². The minimum atomic E-state index is -0.0440. The number of hydrogen-bond donors (Lipinski definition) is 1. The molecule has 0 aliphatic rings. The van der Waals surface area contributed by atoms with Gasteiger partial charge in [-0.1, -0.05) is 29.8 Å². The first kappa shape index (κ1) is 16.7. The molecule has 0 spiro atoms. The number of nitrogens with one attached hydrogen (secondary N) is 1. The van der Waals surface area contributed by atoms with Gasteiger partial charge in [0.05, 0.1) is 12.1 Å². The van der Waals surface area contributed by atoms with Crippen molar-refractivity contribution < 1.29 is 4.79 Å². The highest BCUT2D eigenvalue weighted by Crippen LogP contribution is 2.25. The second kappa shape index (κ2) is 7.64. The van der Waals surface area contributed by atoms with Crippen molar-refractivity contribution in [3.63, 3.8) is 0 Å². The number of thioether (sulfide) groups is 1. The molecule has 1 N–H and O–H groups in total. The topological polar surface area (TPSA) is 42.0 Å². The lowest BCUT2D eigenvalue weighted by atomic mass is 10.2. The molecule has 0 saturated carbocycles. The van der Waals surface area contributed by atoms with Crippen LogP contribution >= 0.6 is 23.1 Å². The van der Waals surface area contributed by atoms with Gasteiger partial charge in [-0.3, -0.25) is 4.79 Å². The van der Waals surface area contributed by atoms with Crippen LogP contribution in [0.3, 0.4) is 0 Å². The lowest BCUT2D eigenvalue weighted by Crippen LogP contribution is -2.14. The van der Waals surface area contributed by atoms with Crippen molar-refractivity contribution in [2.45, 2.75) is 18.2 Å². The molecule has 1 heterocycles. The summed E-state index contributed by atoms with van der Waals surface area (Å²) in [5.41, 5.74) is 3.99. The summed E-state index contributed by atoms with van der Waals surface area (Å²) >= 11 is 3.24. The maximum Gasteiger partial charge on any atom is 0.231 e. The van der Waals surface area contributed by atoms with E-state index in [1.807, 2.05) is 36.6 Å². The van der Waals surface area contributed by atoms with Crippen molar-refractivity contribution in [2.75, 3.05) is 11.6 Å². The van der Waals surface area contributed by atoms with E-state index in [4.69, 9.17) is 0 Å². The summed E-state index contributed by atoms with van der Waals surface area (Å²) in [7, 11) is 0. The normalized spacial score (nSPS) is 10.6. The number of aromatic nitrogens is 1. The second-order valence-electron chi connectivity index (χ2n) is 5.45. The zero-order valence-electron chi connectivity index (χ0n) is 13.6. The summed E-state index contributed by atoms with van der Waals surface area (Å²) in [6, 6.07) is 16.1. The maximum atomic E-state index is 12.1. The molecule has 0 radical (unpaired) electrons. The molecule has 1 aromatic heterocycles. The molecule has 0 fully saturated rings. The van der Waals surface area contributed by atoms with Crippen LogP contribution in [0.2, 0.25) is 0 Å². The predicted molar refractivity (Wildman–Crippen MR) is 103 cm³/mol. The van der Waals surface area contributed by atoms with Gasteiger partial charge in [-0.05, 0) is 37.4 Å². The van der Waals surface area contributed by atoms with Gasteiger partial charge in [0, 0.05) is 21.5 Å². The van der Waals surface area contributed by atoms with Crippen LogP contribution in [0, 0.1) is 6.92 Å². The Balaban J connectivity index is 1.64. The number of aryl methyl sites for hydroxylation is 1. The summed E-state index contributed by atoms with van der Waals surface area (Å²) < 4.78 is 0. The Bertz CT molecular complexity index is 823. The summed E-state index contributed by atoms with van der Waals surface area (Å²) in [4.78, 5) is 18.0. The Morgan fingerprint density at radius 3 is 2.50 bits per heavy atom. The van der Waals surface area contributed by atoms with Gasteiger partial charge in [0.25, 0.3) is 0 Å². The van der Waals surface area contributed by atoms with Crippen LogP contribution in [0.4, 0.5) is 5.69 Å². The minimum Gasteiger partial charge on any atom is -0.326 e. The molecular formula is C19H18N2OS2. The quantitative estimate of drug-likeness (QED) is 0.654.